The molecule has 0 fully saturated rings. The number of hydrogen-bond donors (Lipinski definition) is 1. The number of hydrogen-bond acceptors (Lipinski definition) is 4. The largest absolute Gasteiger partial charge is 0.354 e. The number of aromatic nitrogens is 1. The maximum absolute atomic E-state index is 12.3. The quantitative estimate of drug-likeness (QED) is 0.636. The number of thiophene rings is 1. The molecule has 0 spiro atoms. The van der Waals surface area contributed by atoms with Crippen LogP contribution in [0.3, 0.4) is 0 Å². The van der Waals surface area contributed by atoms with Gasteiger partial charge < -0.3 is 9.88 Å². The molecule has 24 heavy (non-hydrogen) atoms. The van der Waals surface area contributed by atoms with Crippen molar-refractivity contribution in [2.45, 2.75) is 19.9 Å². The van der Waals surface area contributed by atoms with Crippen LogP contribution in [0.15, 0.2) is 47.2 Å². The molecule has 1 aromatic carbocycles. The van der Waals surface area contributed by atoms with Gasteiger partial charge in [-0.2, -0.15) is 0 Å². The summed E-state index contributed by atoms with van der Waals surface area (Å²) in [6.07, 6.45) is 0.864. The van der Waals surface area contributed by atoms with E-state index in [1.165, 1.54) is 21.8 Å². The van der Waals surface area contributed by atoms with E-state index < -0.39 is 0 Å². The SMILES string of the molecule is Cc1ccc(-c2csc(=S)n2CC(=O)NCCc2cccs2)cc1. The molecule has 0 saturated heterocycles. The first-order valence-corrected chi connectivity index (χ1v) is 9.84. The molecule has 2 heterocycles. The first kappa shape index (κ1) is 17.1. The smallest absolute Gasteiger partial charge is 0.240 e. The van der Waals surface area contributed by atoms with Crippen LogP contribution in [-0.2, 0) is 17.8 Å². The maximum atomic E-state index is 12.3. The lowest BCUT2D eigenvalue weighted by atomic mass is 10.1. The van der Waals surface area contributed by atoms with Gasteiger partial charge in [-0.1, -0.05) is 35.9 Å². The average Bonchev–Trinajstić information content (AvgIpc) is 3.20. The first-order chi connectivity index (χ1) is 11.6. The second kappa shape index (κ2) is 7.88. The fourth-order valence-electron chi connectivity index (χ4n) is 2.41. The van der Waals surface area contributed by atoms with Crippen LogP contribution in [-0.4, -0.2) is 17.0 Å². The summed E-state index contributed by atoms with van der Waals surface area (Å²) in [7, 11) is 0. The minimum Gasteiger partial charge on any atom is -0.354 e. The summed E-state index contributed by atoms with van der Waals surface area (Å²) in [5.74, 6) is -0.00517. The van der Waals surface area contributed by atoms with Crippen molar-refractivity contribution in [3.8, 4) is 11.3 Å². The Kier molecular flexibility index (Phi) is 5.60. The molecule has 124 valence electrons. The zero-order chi connectivity index (χ0) is 16.9. The Morgan fingerprint density at radius 1 is 1.21 bits per heavy atom. The van der Waals surface area contributed by atoms with E-state index in [1.807, 2.05) is 16.0 Å². The molecule has 0 aliphatic carbocycles. The van der Waals surface area contributed by atoms with Crippen LogP contribution in [0.1, 0.15) is 10.4 Å². The van der Waals surface area contributed by atoms with Gasteiger partial charge in [0.15, 0.2) is 3.95 Å². The van der Waals surface area contributed by atoms with Crippen molar-refractivity contribution in [3.05, 3.63) is 61.6 Å². The number of aryl methyl sites for hydroxylation is 1. The second-order valence-electron chi connectivity index (χ2n) is 5.52. The van der Waals surface area contributed by atoms with Gasteiger partial charge in [-0.15, -0.1) is 22.7 Å². The highest BCUT2D eigenvalue weighted by Crippen LogP contribution is 2.24. The monoisotopic (exact) mass is 374 g/mol. The Labute approximate surface area is 154 Å². The summed E-state index contributed by atoms with van der Waals surface area (Å²) in [5.41, 5.74) is 3.29. The molecular formula is C18H18N2OS3. The summed E-state index contributed by atoms with van der Waals surface area (Å²) >= 11 is 8.60. The van der Waals surface area contributed by atoms with E-state index in [-0.39, 0.29) is 12.5 Å². The standard InChI is InChI=1S/C18H18N2OS3/c1-13-4-6-14(7-5-13)16-12-24-18(22)20(16)11-17(21)19-9-8-15-3-2-10-23-15/h2-7,10,12H,8-9,11H2,1H3,(H,19,21). The average molecular weight is 375 g/mol. The molecular weight excluding hydrogens is 356 g/mol. The molecule has 0 bridgehead atoms. The molecule has 0 radical (unpaired) electrons. The van der Waals surface area contributed by atoms with Crippen LogP contribution in [0.25, 0.3) is 11.3 Å². The Morgan fingerprint density at radius 2 is 2.00 bits per heavy atom. The number of thiazole rings is 1. The molecule has 3 rings (SSSR count). The number of carbonyl (C=O) groups excluding carboxylic acids is 1. The van der Waals surface area contributed by atoms with Crippen LogP contribution >= 0.6 is 34.9 Å². The Balaban J connectivity index is 1.66. The van der Waals surface area contributed by atoms with Crippen LogP contribution in [0, 0.1) is 10.9 Å². The van der Waals surface area contributed by atoms with Crippen LogP contribution in [0.4, 0.5) is 0 Å². The summed E-state index contributed by atoms with van der Waals surface area (Å²) < 4.78 is 2.63. The van der Waals surface area contributed by atoms with E-state index in [0.29, 0.717) is 6.54 Å². The summed E-state index contributed by atoms with van der Waals surface area (Å²) in [6, 6.07) is 12.4. The number of amides is 1. The third kappa shape index (κ3) is 4.20. The molecule has 0 saturated carbocycles. The number of nitrogens with one attached hydrogen (secondary N) is 1. The lowest BCUT2D eigenvalue weighted by Crippen LogP contribution is -2.29. The second-order valence-corrected chi connectivity index (χ2v) is 8.05. The van der Waals surface area contributed by atoms with Gasteiger partial charge in [-0.05, 0) is 42.6 Å². The van der Waals surface area contributed by atoms with E-state index in [0.717, 1.165) is 21.6 Å². The molecule has 0 atom stereocenters. The van der Waals surface area contributed by atoms with Crippen LogP contribution in [0.2, 0.25) is 0 Å². The van der Waals surface area contributed by atoms with Gasteiger partial charge in [0.05, 0.1) is 5.69 Å². The topological polar surface area (TPSA) is 34.0 Å². The molecule has 3 aromatic rings. The van der Waals surface area contributed by atoms with E-state index in [4.69, 9.17) is 12.2 Å². The van der Waals surface area contributed by atoms with Gasteiger partial charge >= 0.3 is 0 Å². The predicted molar refractivity (Wildman–Crippen MR) is 104 cm³/mol. The van der Waals surface area contributed by atoms with Crippen molar-refractivity contribution in [2.24, 2.45) is 0 Å². The first-order valence-electron chi connectivity index (χ1n) is 7.68. The van der Waals surface area contributed by atoms with Gasteiger partial charge in [0.1, 0.15) is 6.54 Å². The highest BCUT2D eigenvalue weighted by molar-refractivity contribution is 7.73. The van der Waals surface area contributed by atoms with Gasteiger partial charge in [0, 0.05) is 16.8 Å². The van der Waals surface area contributed by atoms with Gasteiger partial charge in [0.25, 0.3) is 0 Å². The minimum atomic E-state index is -0.00517. The van der Waals surface area contributed by atoms with E-state index in [9.17, 15) is 4.79 Å². The van der Waals surface area contributed by atoms with E-state index in [2.05, 4.69) is 48.0 Å². The summed E-state index contributed by atoms with van der Waals surface area (Å²) in [6.45, 7) is 2.97. The highest BCUT2D eigenvalue weighted by atomic mass is 32.1. The van der Waals surface area contributed by atoms with Crippen molar-refractivity contribution in [3.63, 3.8) is 0 Å². The van der Waals surface area contributed by atoms with Gasteiger partial charge in [0.2, 0.25) is 5.91 Å². The fourth-order valence-corrected chi connectivity index (χ4v) is 4.19. The third-order valence-electron chi connectivity index (χ3n) is 3.71. The van der Waals surface area contributed by atoms with Gasteiger partial charge in [-0.3, -0.25) is 4.79 Å². The molecule has 0 aliphatic heterocycles. The maximum Gasteiger partial charge on any atom is 0.240 e. The number of nitrogens with zero attached hydrogens (tertiary/aromatic N) is 1. The van der Waals surface area contributed by atoms with Crippen molar-refractivity contribution in [2.75, 3.05) is 6.54 Å². The lowest BCUT2D eigenvalue weighted by Gasteiger charge is -2.10. The van der Waals surface area contributed by atoms with Crippen molar-refractivity contribution in [1.29, 1.82) is 0 Å². The minimum absolute atomic E-state index is 0.00517. The van der Waals surface area contributed by atoms with Crippen LogP contribution < -0.4 is 5.32 Å². The summed E-state index contributed by atoms with van der Waals surface area (Å²) in [5, 5.41) is 7.05. The predicted octanol–water partition coefficient (Wildman–Crippen LogP) is 4.67. The highest BCUT2D eigenvalue weighted by Gasteiger charge is 2.11. The Morgan fingerprint density at radius 3 is 2.71 bits per heavy atom. The molecule has 0 aliphatic rings. The normalized spacial score (nSPS) is 10.7. The fraction of sp³-hybridized carbons (Fsp3) is 0.222. The van der Waals surface area contributed by atoms with E-state index in [1.54, 1.807) is 11.3 Å². The molecule has 0 unspecified atom stereocenters. The third-order valence-corrected chi connectivity index (χ3v) is 5.91. The Bertz CT molecular complexity index is 861. The molecule has 1 N–H and O–H groups in total. The number of rotatable bonds is 6. The van der Waals surface area contributed by atoms with Gasteiger partial charge in [-0.25, -0.2) is 0 Å². The molecule has 6 heteroatoms. The molecule has 1 amide bonds. The van der Waals surface area contributed by atoms with Crippen molar-refractivity contribution in [1.82, 2.24) is 9.88 Å². The number of carbonyl (C=O) groups is 1. The van der Waals surface area contributed by atoms with E-state index >= 15 is 0 Å². The van der Waals surface area contributed by atoms with Crippen molar-refractivity contribution >= 4 is 40.8 Å². The molecule has 3 nitrogen and oxygen atoms in total. The van der Waals surface area contributed by atoms with Crippen molar-refractivity contribution < 1.29 is 4.79 Å². The Hall–Kier alpha value is -1.76. The van der Waals surface area contributed by atoms with Crippen LogP contribution in [0.5, 0.6) is 0 Å². The zero-order valence-corrected chi connectivity index (χ0v) is 15.8. The number of benzene rings is 1. The molecule has 2 aromatic heterocycles. The summed E-state index contributed by atoms with van der Waals surface area (Å²) in [4.78, 5) is 13.5. The lowest BCUT2D eigenvalue weighted by molar-refractivity contribution is -0.121. The zero-order valence-electron chi connectivity index (χ0n) is 13.3.